The Morgan fingerprint density at radius 1 is 0.372 bits per heavy atom. The molecule has 0 amide bonds. The molecular formula is C42H28Se. The van der Waals surface area contributed by atoms with Crippen LogP contribution in [0.3, 0.4) is 0 Å². The van der Waals surface area contributed by atoms with E-state index in [0.29, 0.717) is 0 Å². The maximum absolute atomic E-state index is 2.49. The van der Waals surface area contributed by atoms with Gasteiger partial charge in [-0.25, -0.2) is 0 Å². The molecule has 1 heteroatoms. The van der Waals surface area contributed by atoms with Gasteiger partial charge in [0.2, 0.25) is 0 Å². The molecule has 0 aliphatic rings. The normalized spacial score (nSPS) is 12.0. The van der Waals surface area contributed by atoms with Gasteiger partial charge in [-0.1, -0.05) is 0 Å². The minimum atomic E-state index is 0.195. The van der Waals surface area contributed by atoms with Gasteiger partial charge >= 0.3 is 258 Å². The van der Waals surface area contributed by atoms with E-state index in [1.807, 2.05) is 0 Å². The molecule has 1 heterocycles. The van der Waals surface area contributed by atoms with Crippen molar-refractivity contribution in [3.05, 3.63) is 145 Å². The summed E-state index contributed by atoms with van der Waals surface area (Å²) in [4.78, 5) is 0. The zero-order chi connectivity index (χ0) is 28.7. The quantitative estimate of drug-likeness (QED) is 0.135. The van der Waals surface area contributed by atoms with Crippen LogP contribution < -0.4 is 0 Å². The Kier molecular flexibility index (Phi) is 5.45. The summed E-state index contributed by atoms with van der Waals surface area (Å²) in [5, 5.41) is 13.5. The Morgan fingerprint density at radius 2 is 0.814 bits per heavy atom. The number of rotatable bonds is 2. The number of aryl methyl sites for hydroxylation is 2. The van der Waals surface area contributed by atoms with Crippen molar-refractivity contribution < 1.29 is 0 Å². The van der Waals surface area contributed by atoms with Crippen molar-refractivity contribution in [2.75, 3.05) is 0 Å². The summed E-state index contributed by atoms with van der Waals surface area (Å²) >= 11 is 0.195. The molecule has 0 saturated heterocycles. The Bertz CT molecular complexity index is 2470. The Balaban J connectivity index is 1.35. The molecule has 1 aromatic heterocycles. The summed E-state index contributed by atoms with van der Waals surface area (Å²) in [7, 11) is 0. The molecule has 202 valence electrons. The molecule has 0 aliphatic carbocycles. The summed E-state index contributed by atoms with van der Waals surface area (Å²) in [6, 6.07) is 49.9. The first kappa shape index (κ1) is 24.9. The van der Waals surface area contributed by atoms with E-state index in [0.717, 1.165) is 0 Å². The fraction of sp³-hybridized carbons (Fsp3) is 0.0476. The fourth-order valence-electron chi connectivity index (χ4n) is 7.44. The molecule has 0 nitrogen and oxygen atoms in total. The van der Waals surface area contributed by atoms with Gasteiger partial charge in [0.25, 0.3) is 0 Å². The van der Waals surface area contributed by atoms with Crippen molar-refractivity contribution in [2.45, 2.75) is 13.8 Å². The molecule has 43 heavy (non-hydrogen) atoms. The molecule has 0 saturated carbocycles. The van der Waals surface area contributed by atoms with Crippen LogP contribution >= 0.6 is 0 Å². The number of fused-ring (bicyclic) bond motifs is 7. The van der Waals surface area contributed by atoms with Crippen molar-refractivity contribution in [3.8, 4) is 22.3 Å². The van der Waals surface area contributed by atoms with E-state index in [4.69, 9.17) is 0 Å². The third-order valence-corrected chi connectivity index (χ3v) is 12.0. The van der Waals surface area contributed by atoms with Crippen LogP contribution in [-0.2, 0) is 0 Å². The molecule has 0 radical (unpaired) electrons. The maximum atomic E-state index is 2.49. The zero-order valence-electron chi connectivity index (χ0n) is 24.1. The number of benzene rings is 8. The summed E-state index contributed by atoms with van der Waals surface area (Å²) < 4.78 is 2.97. The van der Waals surface area contributed by atoms with Gasteiger partial charge in [-0.15, -0.1) is 0 Å². The predicted octanol–water partition coefficient (Wildman–Crippen LogP) is 11.6. The average molecular weight is 612 g/mol. The first-order valence-electron chi connectivity index (χ1n) is 14.9. The fourth-order valence-corrected chi connectivity index (χ4v) is 10.1. The van der Waals surface area contributed by atoms with Gasteiger partial charge in [0.15, 0.2) is 0 Å². The Labute approximate surface area is 256 Å². The summed E-state index contributed by atoms with van der Waals surface area (Å²) in [6.07, 6.45) is 0. The topological polar surface area (TPSA) is 0 Å². The molecule has 0 N–H and O–H groups in total. The van der Waals surface area contributed by atoms with Crippen LogP contribution in [0, 0.1) is 13.8 Å². The molecule has 9 aromatic rings. The second kappa shape index (κ2) is 9.41. The number of hydrogen-bond acceptors (Lipinski definition) is 0. The van der Waals surface area contributed by atoms with Gasteiger partial charge in [0.05, 0.1) is 0 Å². The van der Waals surface area contributed by atoms with Crippen LogP contribution in [0.5, 0.6) is 0 Å². The van der Waals surface area contributed by atoms with Gasteiger partial charge in [0.1, 0.15) is 0 Å². The standard InChI is InChI=1S/C42H28Se/c1-25-28-12-3-7-16-33(28)40(34-17-8-4-13-29(25)34)27-22-23-32-37-20-11-21-38(42(37)43-39(32)24-27)41-35-18-9-5-14-30(35)26(2)31-15-6-10-19-36(31)41/h3-24H,1-2H3. The second-order valence-corrected chi connectivity index (χ2v) is 13.9. The van der Waals surface area contributed by atoms with E-state index < -0.39 is 0 Å². The van der Waals surface area contributed by atoms with Gasteiger partial charge < -0.3 is 0 Å². The van der Waals surface area contributed by atoms with Crippen LogP contribution in [0.2, 0.25) is 0 Å². The Hall–Kier alpha value is -4.68. The van der Waals surface area contributed by atoms with Crippen LogP contribution in [0.1, 0.15) is 11.1 Å². The first-order chi connectivity index (χ1) is 21.2. The Morgan fingerprint density at radius 3 is 1.33 bits per heavy atom. The second-order valence-electron chi connectivity index (χ2n) is 11.7. The van der Waals surface area contributed by atoms with Crippen molar-refractivity contribution >= 4 is 76.9 Å². The monoisotopic (exact) mass is 612 g/mol. The molecule has 0 unspecified atom stereocenters. The van der Waals surface area contributed by atoms with E-state index >= 15 is 0 Å². The van der Waals surface area contributed by atoms with Crippen LogP contribution in [-0.4, -0.2) is 14.5 Å². The van der Waals surface area contributed by atoms with Gasteiger partial charge in [-0.3, -0.25) is 0 Å². The number of hydrogen-bond donors (Lipinski definition) is 0. The van der Waals surface area contributed by atoms with Crippen LogP contribution in [0.15, 0.2) is 133 Å². The molecule has 0 aliphatic heterocycles. The van der Waals surface area contributed by atoms with Gasteiger partial charge in [-0.2, -0.15) is 0 Å². The van der Waals surface area contributed by atoms with E-state index in [1.165, 1.54) is 95.8 Å². The summed E-state index contributed by atoms with van der Waals surface area (Å²) in [5.41, 5.74) is 8.14. The average Bonchev–Trinajstić information content (AvgIpc) is 3.44. The minimum absolute atomic E-state index is 0.195. The van der Waals surface area contributed by atoms with E-state index in [1.54, 1.807) is 0 Å². The van der Waals surface area contributed by atoms with Crippen LogP contribution in [0.4, 0.5) is 0 Å². The summed E-state index contributed by atoms with van der Waals surface area (Å²) in [5.74, 6) is 0. The molecule has 0 bridgehead atoms. The molecule has 0 atom stereocenters. The van der Waals surface area contributed by atoms with Crippen molar-refractivity contribution in [2.24, 2.45) is 0 Å². The van der Waals surface area contributed by atoms with Gasteiger partial charge in [0, 0.05) is 0 Å². The molecule has 0 spiro atoms. The molecular weight excluding hydrogens is 583 g/mol. The van der Waals surface area contributed by atoms with Crippen molar-refractivity contribution in [1.82, 2.24) is 0 Å². The molecule has 0 fully saturated rings. The SMILES string of the molecule is Cc1c2ccccc2c(-c2ccc3c(c2)[se]c2c(-c4c5ccccc5c(C)c5ccccc45)cccc23)c2ccccc12. The molecule has 8 aromatic carbocycles. The predicted molar refractivity (Wildman–Crippen MR) is 189 cm³/mol. The third-order valence-electron chi connectivity index (χ3n) is 9.46. The van der Waals surface area contributed by atoms with E-state index in [9.17, 15) is 0 Å². The van der Waals surface area contributed by atoms with Crippen LogP contribution in [0.25, 0.3) is 84.6 Å². The van der Waals surface area contributed by atoms with Crippen molar-refractivity contribution in [1.29, 1.82) is 0 Å². The zero-order valence-corrected chi connectivity index (χ0v) is 25.8. The van der Waals surface area contributed by atoms with Gasteiger partial charge in [-0.05, 0) is 0 Å². The van der Waals surface area contributed by atoms with E-state index in [-0.39, 0.29) is 14.5 Å². The van der Waals surface area contributed by atoms with E-state index in [2.05, 4.69) is 147 Å². The first-order valence-corrected chi connectivity index (χ1v) is 16.7. The summed E-state index contributed by atoms with van der Waals surface area (Å²) in [6.45, 7) is 4.53. The van der Waals surface area contributed by atoms with Crippen molar-refractivity contribution in [3.63, 3.8) is 0 Å². The molecule has 9 rings (SSSR count). The third kappa shape index (κ3) is 3.56.